The normalized spacial score (nSPS) is 12.4. The van der Waals surface area contributed by atoms with Crippen LogP contribution in [0.5, 0.6) is 0 Å². The Kier molecular flexibility index (Phi) is 5.87. The zero-order valence-electron chi connectivity index (χ0n) is 13.1. The first-order valence-corrected chi connectivity index (χ1v) is 9.44. The molecule has 0 aliphatic carbocycles. The molecule has 0 aromatic heterocycles. The van der Waals surface area contributed by atoms with E-state index in [2.05, 4.69) is 14.9 Å². The molecular formula is C14H16N4O5S2. The molecule has 25 heavy (non-hydrogen) atoms. The minimum absolute atomic E-state index is 0.157. The number of rotatable bonds is 5. The number of primary sulfonamides is 1. The number of aryl methyl sites for hydroxylation is 1. The van der Waals surface area contributed by atoms with Crippen LogP contribution in [0.4, 0.5) is 16.2 Å². The van der Waals surface area contributed by atoms with E-state index in [1.807, 2.05) is 6.92 Å². The van der Waals surface area contributed by atoms with Crippen LogP contribution in [-0.4, -0.2) is 18.7 Å². The summed E-state index contributed by atoms with van der Waals surface area (Å²) in [6.45, 7) is 1.90. The molecule has 0 radical (unpaired) electrons. The summed E-state index contributed by atoms with van der Waals surface area (Å²) in [6.07, 6.45) is 0. The zero-order valence-corrected chi connectivity index (χ0v) is 14.7. The number of sulfonamides is 1. The first kappa shape index (κ1) is 19.0. The molecule has 0 spiro atoms. The summed E-state index contributed by atoms with van der Waals surface area (Å²) >= 11 is -2.27. The van der Waals surface area contributed by atoms with Gasteiger partial charge in [0.2, 0.25) is 21.1 Å². The van der Waals surface area contributed by atoms with Crippen molar-refractivity contribution in [2.45, 2.75) is 16.7 Å². The van der Waals surface area contributed by atoms with Gasteiger partial charge in [0.05, 0.1) is 10.6 Å². The van der Waals surface area contributed by atoms with Crippen molar-refractivity contribution in [2.24, 2.45) is 11.0 Å². The minimum atomic E-state index is -4.31. The van der Waals surface area contributed by atoms with Gasteiger partial charge in [-0.05, 0) is 31.2 Å². The number of anilines is 2. The fourth-order valence-electron chi connectivity index (χ4n) is 2.01. The molecule has 134 valence electrons. The highest BCUT2D eigenvalue weighted by molar-refractivity contribution is 7.90. The van der Waals surface area contributed by atoms with Gasteiger partial charge in [0.25, 0.3) is 0 Å². The third kappa shape index (κ3) is 4.84. The quantitative estimate of drug-likeness (QED) is 0.568. The van der Waals surface area contributed by atoms with Crippen molar-refractivity contribution in [3.05, 3.63) is 48.0 Å². The summed E-state index contributed by atoms with van der Waals surface area (Å²) in [7, 11) is -4.31. The summed E-state index contributed by atoms with van der Waals surface area (Å²) in [5.74, 6) is 4.85. The third-order valence-electron chi connectivity index (χ3n) is 3.09. The number of carbonyl (C=O) groups is 1. The van der Waals surface area contributed by atoms with Gasteiger partial charge in [-0.2, -0.15) is 10.2 Å². The molecule has 9 nitrogen and oxygen atoms in total. The topological polar surface area (TPSA) is 154 Å². The fraction of sp³-hybridized carbons (Fsp3) is 0.0714. The molecule has 0 heterocycles. The lowest BCUT2D eigenvalue weighted by Gasteiger charge is -2.13. The fourth-order valence-corrected chi connectivity index (χ4v) is 3.89. The smallest absolute Gasteiger partial charge is 0.308 e. The molecule has 0 bridgehead atoms. The summed E-state index contributed by atoms with van der Waals surface area (Å²) in [6, 6.07) is 10.2. The summed E-state index contributed by atoms with van der Waals surface area (Å²) in [5, 5.41) is 10.1. The Morgan fingerprint density at radius 2 is 1.76 bits per heavy atom. The van der Waals surface area contributed by atoms with E-state index < -0.39 is 32.0 Å². The van der Waals surface area contributed by atoms with Gasteiger partial charge in [0, 0.05) is 5.69 Å². The molecule has 2 amide bonds. The molecule has 1 unspecified atom stereocenters. The molecule has 2 aromatic rings. The molecular weight excluding hydrogens is 368 g/mol. The SMILES string of the molecule is Cc1ccc(NC(=O)Nc2cccc(S(=O)ON)c2S(N)(=O)=O)cc1. The lowest BCUT2D eigenvalue weighted by Crippen LogP contribution is -2.24. The van der Waals surface area contributed by atoms with Crippen LogP contribution >= 0.6 is 0 Å². The van der Waals surface area contributed by atoms with Crippen LogP contribution in [-0.2, 0) is 25.4 Å². The Hall–Kier alpha value is -2.31. The number of hydrogen-bond acceptors (Lipinski definition) is 6. The number of urea groups is 1. The zero-order chi connectivity index (χ0) is 18.6. The number of benzene rings is 2. The van der Waals surface area contributed by atoms with Crippen LogP contribution in [0.1, 0.15) is 5.56 Å². The molecule has 1 atom stereocenters. The van der Waals surface area contributed by atoms with Crippen LogP contribution in [0.15, 0.2) is 52.3 Å². The number of amides is 2. The predicted octanol–water partition coefficient (Wildman–Crippen LogP) is 1.20. The largest absolute Gasteiger partial charge is 0.323 e. The second-order valence-corrected chi connectivity index (χ2v) is 7.55. The van der Waals surface area contributed by atoms with Crippen molar-refractivity contribution in [2.75, 3.05) is 10.6 Å². The Labute approximate surface area is 147 Å². The molecule has 0 saturated carbocycles. The highest BCUT2D eigenvalue weighted by Gasteiger charge is 2.24. The van der Waals surface area contributed by atoms with Crippen molar-refractivity contribution in [3.8, 4) is 0 Å². The first-order valence-electron chi connectivity index (χ1n) is 6.82. The maximum atomic E-state index is 12.1. The van der Waals surface area contributed by atoms with Gasteiger partial charge in [-0.25, -0.2) is 22.6 Å². The van der Waals surface area contributed by atoms with Crippen molar-refractivity contribution in [3.63, 3.8) is 0 Å². The maximum absolute atomic E-state index is 12.1. The first-order chi connectivity index (χ1) is 11.7. The van der Waals surface area contributed by atoms with E-state index in [-0.39, 0.29) is 10.6 Å². The Morgan fingerprint density at radius 1 is 1.12 bits per heavy atom. The number of nitrogens with two attached hydrogens (primary N) is 2. The Balaban J connectivity index is 2.34. The van der Waals surface area contributed by atoms with E-state index in [1.165, 1.54) is 18.2 Å². The molecule has 0 fully saturated rings. The van der Waals surface area contributed by atoms with Gasteiger partial charge in [-0.3, -0.25) is 0 Å². The Bertz CT molecular complexity index is 913. The summed E-state index contributed by atoms with van der Waals surface area (Å²) in [4.78, 5) is 11.3. The lowest BCUT2D eigenvalue weighted by molar-refractivity contribution is 0.262. The maximum Gasteiger partial charge on any atom is 0.323 e. The standard InChI is InChI=1S/C14H16N4O5S2/c1-9-5-7-10(8-6-9)17-14(19)18-11-3-2-4-12(24(20)23-15)13(11)25(16,21)22/h2-8H,15H2,1H3,(H2,16,21,22)(H2,17,18,19). The molecule has 11 heteroatoms. The second-order valence-electron chi connectivity index (χ2n) is 4.95. The van der Waals surface area contributed by atoms with Gasteiger partial charge >= 0.3 is 6.03 Å². The van der Waals surface area contributed by atoms with Crippen LogP contribution in [0.3, 0.4) is 0 Å². The van der Waals surface area contributed by atoms with Gasteiger partial charge < -0.3 is 10.6 Å². The van der Waals surface area contributed by atoms with Crippen molar-refractivity contribution in [1.29, 1.82) is 0 Å². The third-order valence-corrected chi connectivity index (χ3v) is 5.10. The van der Waals surface area contributed by atoms with E-state index in [0.717, 1.165) is 5.56 Å². The highest BCUT2D eigenvalue weighted by atomic mass is 32.2. The van der Waals surface area contributed by atoms with E-state index in [0.29, 0.717) is 5.69 Å². The Morgan fingerprint density at radius 3 is 2.32 bits per heavy atom. The average molecular weight is 384 g/mol. The number of nitrogens with one attached hydrogen (secondary N) is 2. The van der Waals surface area contributed by atoms with Crippen LogP contribution < -0.4 is 21.7 Å². The number of carbonyl (C=O) groups excluding carboxylic acids is 1. The molecule has 0 aliphatic heterocycles. The van der Waals surface area contributed by atoms with Crippen LogP contribution in [0.25, 0.3) is 0 Å². The average Bonchev–Trinajstić information content (AvgIpc) is 2.55. The van der Waals surface area contributed by atoms with Gasteiger partial charge in [0.1, 0.15) is 4.90 Å². The van der Waals surface area contributed by atoms with Crippen molar-refractivity contribution in [1.82, 2.24) is 0 Å². The monoisotopic (exact) mass is 384 g/mol. The number of hydrogen-bond donors (Lipinski definition) is 4. The molecule has 6 N–H and O–H groups in total. The van der Waals surface area contributed by atoms with Crippen molar-refractivity contribution >= 4 is 38.5 Å². The van der Waals surface area contributed by atoms with E-state index in [9.17, 15) is 17.4 Å². The summed E-state index contributed by atoms with van der Waals surface area (Å²) < 4.78 is 39.6. The van der Waals surface area contributed by atoms with Gasteiger partial charge in [-0.15, -0.1) is 0 Å². The van der Waals surface area contributed by atoms with Crippen LogP contribution in [0, 0.1) is 6.92 Å². The van der Waals surface area contributed by atoms with E-state index in [4.69, 9.17) is 11.0 Å². The molecule has 0 saturated heterocycles. The lowest BCUT2D eigenvalue weighted by atomic mass is 10.2. The predicted molar refractivity (Wildman–Crippen MR) is 93.3 cm³/mol. The van der Waals surface area contributed by atoms with Crippen LogP contribution in [0.2, 0.25) is 0 Å². The van der Waals surface area contributed by atoms with E-state index in [1.54, 1.807) is 24.3 Å². The van der Waals surface area contributed by atoms with Crippen molar-refractivity contribution < 1.29 is 21.7 Å². The molecule has 0 aliphatic rings. The van der Waals surface area contributed by atoms with E-state index >= 15 is 0 Å². The molecule has 2 rings (SSSR count). The molecule has 2 aromatic carbocycles. The highest BCUT2D eigenvalue weighted by Crippen LogP contribution is 2.27. The van der Waals surface area contributed by atoms with Gasteiger partial charge in [0.15, 0.2) is 0 Å². The minimum Gasteiger partial charge on any atom is -0.308 e. The van der Waals surface area contributed by atoms with Gasteiger partial charge in [-0.1, -0.05) is 23.8 Å². The second kappa shape index (κ2) is 7.72. The summed E-state index contributed by atoms with van der Waals surface area (Å²) in [5.41, 5.74) is 1.36.